The number of rotatable bonds is 1. The summed E-state index contributed by atoms with van der Waals surface area (Å²) in [4.78, 5) is 15.5. The maximum absolute atomic E-state index is 11.5. The quantitative estimate of drug-likeness (QED) is 0.569. The van der Waals surface area contributed by atoms with E-state index >= 15 is 0 Å². The van der Waals surface area contributed by atoms with Gasteiger partial charge in [-0.3, -0.25) is 4.79 Å². The molecule has 1 aliphatic rings. The molecule has 0 aromatic heterocycles. The fraction of sp³-hybridized carbons (Fsp3) is 0.889. The minimum atomic E-state index is 0.222. The minimum absolute atomic E-state index is 0.222. The lowest BCUT2D eigenvalue weighted by Gasteiger charge is -2.15. The first kappa shape index (κ1) is 9.52. The monoisotopic (exact) mass is 170 g/mol. The van der Waals surface area contributed by atoms with Crippen molar-refractivity contribution < 1.29 is 4.79 Å². The van der Waals surface area contributed by atoms with E-state index in [0.717, 1.165) is 13.0 Å². The highest BCUT2D eigenvalue weighted by Crippen LogP contribution is 2.22. The lowest BCUT2D eigenvalue weighted by atomic mass is 10.1. The van der Waals surface area contributed by atoms with Crippen molar-refractivity contribution in [1.82, 2.24) is 9.80 Å². The predicted molar refractivity (Wildman–Crippen MR) is 48.9 cm³/mol. The van der Waals surface area contributed by atoms with Crippen LogP contribution in [0, 0.1) is 5.92 Å². The van der Waals surface area contributed by atoms with Gasteiger partial charge in [-0.25, -0.2) is 0 Å². The summed E-state index contributed by atoms with van der Waals surface area (Å²) in [6.07, 6.45) is 1.01. The first-order valence-corrected chi connectivity index (χ1v) is 4.43. The normalized spacial score (nSPS) is 30.7. The molecule has 3 nitrogen and oxygen atoms in total. The molecule has 2 atom stereocenters. The average molecular weight is 170 g/mol. The summed E-state index contributed by atoms with van der Waals surface area (Å²) in [5.74, 6) is 0.492. The average Bonchev–Trinajstić information content (AvgIpc) is 2.30. The van der Waals surface area contributed by atoms with Crippen LogP contribution in [0.5, 0.6) is 0 Å². The first-order valence-electron chi connectivity index (χ1n) is 4.43. The Morgan fingerprint density at radius 3 is 2.42 bits per heavy atom. The van der Waals surface area contributed by atoms with Gasteiger partial charge < -0.3 is 9.80 Å². The number of likely N-dealkylation sites (tertiary alicyclic amines) is 1. The molecule has 1 rings (SSSR count). The minimum Gasteiger partial charge on any atom is -0.349 e. The Bertz CT molecular complexity index is 169. The molecule has 1 saturated heterocycles. The van der Waals surface area contributed by atoms with E-state index in [1.807, 2.05) is 14.1 Å². The van der Waals surface area contributed by atoms with Gasteiger partial charge in [0.2, 0.25) is 5.91 Å². The zero-order chi connectivity index (χ0) is 9.30. The van der Waals surface area contributed by atoms with Crippen LogP contribution in [0.3, 0.4) is 0 Å². The molecule has 0 aliphatic carbocycles. The van der Waals surface area contributed by atoms with E-state index in [2.05, 4.69) is 18.9 Å². The van der Waals surface area contributed by atoms with Gasteiger partial charge in [-0.1, -0.05) is 0 Å². The molecule has 0 unspecified atom stereocenters. The molecule has 0 N–H and O–H groups in total. The fourth-order valence-corrected chi connectivity index (χ4v) is 1.74. The third kappa shape index (κ3) is 1.78. The Kier molecular flexibility index (Phi) is 2.73. The lowest BCUT2D eigenvalue weighted by molar-refractivity contribution is -0.132. The summed E-state index contributed by atoms with van der Waals surface area (Å²) in [7, 11) is 5.73. The highest BCUT2D eigenvalue weighted by atomic mass is 16.2. The molecule has 0 radical (unpaired) electrons. The van der Waals surface area contributed by atoms with E-state index in [4.69, 9.17) is 0 Å². The number of carbonyl (C=O) groups excluding carboxylic acids is 1. The second-order valence-electron chi connectivity index (χ2n) is 3.95. The van der Waals surface area contributed by atoms with Crippen LogP contribution >= 0.6 is 0 Å². The summed E-state index contributed by atoms with van der Waals surface area (Å²) in [6.45, 7) is 3.08. The van der Waals surface area contributed by atoms with E-state index in [1.165, 1.54) is 0 Å². The third-order valence-electron chi connectivity index (χ3n) is 2.68. The van der Waals surface area contributed by atoms with Crippen molar-refractivity contribution in [3.8, 4) is 0 Å². The largest absolute Gasteiger partial charge is 0.349 e. The third-order valence-corrected chi connectivity index (χ3v) is 2.68. The number of amides is 1. The summed E-state index contributed by atoms with van der Waals surface area (Å²) >= 11 is 0. The van der Waals surface area contributed by atoms with E-state index in [1.54, 1.807) is 4.90 Å². The SMILES string of the molecule is C[C@@H]1C[C@H](C(=O)N(C)C)CN1C. The van der Waals surface area contributed by atoms with Gasteiger partial charge in [0.05, 0.1) is 5.92 Å². The molecule has 0 aromatic rings. The number of hydrogen-bond acceptors (Lipinski definition) is 2. The van der Waals surface area contributed by atoms with Gasteiger partial charge in [-0.2, -0.15) is 0 Å². The molecule has 0 bridgehead atoms. The van der Waals surface area contributed by atoms with Crippen LogP contribution in [0.2, 0.25) is 0 Å². The van der Waals surface area contributed by atoms with Gasteiger partial charge in [0.15, 0.2) is 0 Å². The molecule has 1 amide bonds. The van der Waals surface area contributed by atoms with Crippen LogP contribution in [-0.2, 0) is 4.79 Å². The molecule has 70 valence electrons. The molecule has 1 fully saturated rings. The summed E-state index contributed by atoms with van der Waals surface area (Å²) < 4.78 is 0. The summed E-state index contributed by atoms with van der Waals surface area (Å²) in [5, 5.41) is 0. The molecule has 0 aromatic carbocycles. The summed E-state index contributed by atoms with van der Waals surface area (Å²) in [5.41, 5.74) is 0. The smallest absolute Gasteiger partial charge is 0.226 e. The predicted octanol–water partition coefficient (Wildman–Crippen LogP) is 0.415. The van der Waals surface area contributed by atoms with Crippen molar-refractivity contribution in [3.05, 3.63) is 0 Å². The zero-order valence-corrected chi connectivity index (χ0v) is 8.37. The van der Waals surface area contributed by atoms with Crippen LogP contribution in [-0.4, -0.2) is 49.4 Å². The van der Waals surface area contributed by atoms with Crippen LogP contribution in [0.4, 0.5) is 0 Å². The zero-order valence-electron chi connectivity index (χ0n) is 8.37. The molecule has 0 spiro atoms. The van der Waals surface area contributed by atoms with E-state index in [9.17, 15) is 4.79 Å². The van der Waals surface area contributed by atoms with E-state index < -0.39 is 0 Å². The van der Waals surface area contributed by atoms with Crippen LogP contribution < -0.4 is 0 Å². The molecule has 1 heterocycles. The van der Waals surface area contributed by atoms with Crippen molar-refractivity contribution in [2.75, 3.05) is 27.7 Å². The van der Waals surface area contributed by atoms with Crippen LogP contribution in [0.1, 0.15) is 13.3 Å². The second-order valence-corrected chi connectivity index (χ2v) is 3.95. The molecule has 12 heavy (non-hydrogen) atoms. The Morgan fingerprint density at radius 2 is 2.08 bits per heavy atom. The number of hydrogen-bond donors (Lipinski definition) is 0. The van der Waals surface area contributed by atoms with Gasteiger partial charge >= 0.3 is 0 Å². The van der Waals surface area contributed by atoms with Crippen LogP contribution in [0.25, 0.3) is 0 Å². The first-order chi connectivity index (χ1) is 5.52. The van der Waals surface area contributed by atoms with Gasteiger partial charge in [-0.05, 0) is 20.4 Å². The lowest BCUT2D eigenvalue weighted by Crippen LogP contribution is -2.31. The van der Waals surface area contributed by atoms with Crippen molar-refractivity contribution in [1.29, 1.82) is 0 Å². The molecule has 3 heteroatoms. The van der Waals surface area contributed by atoms with E-state index in [-0.39, 0.29) is 11.8 Å². The van der Waals surface area contributed by atoms with Crippen molar-refractivity contribution >= 4 is 5.91 Å². The second kappa shape index (κ2) is 3.44. The topological polar surface area (TPSA) is 23.6 Å². The molecule has 1 aliphatic heterocycles. The van der Waals surface area contributed by atoms with Gasteiger partial charge in [0.1, 0.15) is 0 Å². The van der Waals surface area contributed by atoms with E-state index in [0.29, 0.717) is 6.04 Å². The Labute approximate surface area is 74.3 Å². The standard InChI is InChI=1S/C9H18N2O/c1-7-5-8(6-11(7)4)9(12)10(2)3/h7-8H,5-6H2,1-4H3/t7-,8+/m1/s1. The number of nitrogens with zero attached hydrogens (tertiary/aromatic N) is 2. The molecular weight excluding hydrogens is 152 g/mol. The Hall–Kier alpha value is -0.570. The van der Waals surface area contributed by atoms with Crippen LogP contribution in [0.15, 0.2) is 0 Å². The molecular formula is C9H18N2O. The van der Waals surface area contributed by atoms with Crippen molar-refractivity contribution in [2.45, 2.75) is 19.4 Å². The van der Waals surface area contributed by atoms with Gasteiger partial charge in [-0.15, -0.1) is 0 Å². The van der Waals surface area contributed by atoms with Gasteiger partial charge in [0, 0.05) is 26.7 Å². The Morgan fingerprint density at radius 1 is 1.50 bits per heavy atom. The molecule has 0 saturated carbocycles. The summed E-state index contributed by atoms with van der Waals surface area (Å²) in [6, 6.07) is 0.555. The highest BCUT2D eigenvalue weighted by Gasteiger charge is 2.31. The maximum atomic E-state index is 11.5. The highest BCUT2D eigenvalue weighted by molar-refractivity contribution is 5.78. The van der Waals surface area contributed by atoms with Crippen molar-refractivity contribution in [3.63, 3.8) is 0 Å². The Balaban J connectivity index is 2.52. The van der Waals surface area contributed by atoms with Crippen molar-refractivity contribution in [2.24, 2.45) is 5.92 Å². The fourth-order valence-electron chi connectivity index (χ4n) is 1.74. The number of carbonyl (C=O) groups is 1. The maximum Gasteiger partial charge on any atom is 0.226 e. The van der Waals surface area contributed by atoms with Gasteiger partial charge in [0.25, 0.3) is 0 Å².